The highest BCUT2D eigenvalue weighted by Crippen LogP contribution is 2.33. The fourth-order valence-electron chi connectivity index (χ4n) is 2.75. The molecule has 1 aromatic rings. The Balaban J connectivity index is 1.74. The van der Waals surface area contributed by atoms with Crippen LogP contribution in [0.3, 0.4) is 0 Å². The van der Waals surface area contributed by atoms with Gasteiger partial charge in [-0.1, -0.05) is 33.0 Å². The minimum absolute atomic E-state index is 0.409. The Labute approximate surface area is 133 Å². The average Bonchev–Trinajstić information content (AvgIpc) is 2.88. The van der Waals surface area contributed by atoms with Crippen LogP contribution in [-0.2, 0) is 0 Å². The van der Waals surface area contributed by atoms with Crippen molar-refractivity contribution in [1.29, 1.82) is 0 Å². The van der Waals surface area contributed by atoms with Crippen LogP contribution in [0, 0.1) is 11.3 Å². The van der Waals surface area contributed by atoms with E-state index < -0.39 is 0 Å². The van der Waals surface area contributed by atoms with E-state index in [2.05, 4.69) is 25.7 Å². The zero-order valence-corrected chi connectivity index (χ0v) is 14.1. The summed E-state index contributed by atoms with van der Waals surface area (Å²) in [6.07, 6.45) is 1.30. The minimum Gasteiger partial charge on any atom is -0.492 e. The van der Waals surface area contributed by atoms with Crippen molar-refractivity contribution in [1.82, 2.24) is 4.90 Å². The first-order valence-corrected chi connectivity index (χ1v) is 8.02. The molecule has 0 amide bonds. The molecular weight excluding hydrogens is 280 g/mol. The first-order valence-electron chi connectivity index (χ1n) is 7.61. The molecule has 0 aromatic heterocycles. The molecule has 0 bridgehead atoms. The summed E-state index contributed by atoms with van der Waals surface area (Å²) < 4.78 is 5.80. The van der Waals surface area contributed by atoms with Crippen molar-refractivity contribution in [2.75, 3.05) is 26.2 Å². The third-order valence-corrected chi connectivity index (χ3v) is 4.55. The van der Waals surface area contributed by atoms with Crippen LogP contribution in [0.5, 0.6) is 5.75 Å². The quantitative estimate of drug-likeness (QED) is 0.849. The van der Waals surface area contributed by atoms with Gasteiger partial charge < -0.3 is 10.5 Å². The number of hydrogen-bond donors (Lipinski definition) is 1. The molecule has 2 N–H and O–H groups in total. The van der Waals surface area contributed by atoms with Crippen LogP contribution in [0.4, 0.5) is 0 Å². The van der Waals surface area contributed by atoms with Crippen LogP contribution in [0.1, 0.15) is 32.8 Å². The van der Waals surface area contributed by atoms with Gasteiger partial charge in [-0.05, 0) is 48.6 Å². The Hall–Kier alpha value is -1.13. The summed E-state index contributed by atoms with van der Waals surface area (Å²) in [5.41, 5.74) is 6.87. The predicted octanol–water partition coefficient (Wildman–Crippen LogP) is 3.07. The molecule has 0 spiro atoms. The standard InChI is InChI=1S/C17H26N2OS/c1-17(2,3)14-8-9-19(12-14)10-11-20-15-6-4-13(5-7-15)16(18)21/h4-7,14H,8-12H2,1-3H3,(H2,18,21). The molecule has 1 unspecified atom stereocenters. The van der Waals surface area contributed by atoms with E-state index in [1.54, 1.807) is 0 Å². The van der Waals surface area contributed by atoms with Gasteiger partial charge in [0.2, 0.25) is 0 Å². The van der Waals surface area contributed by atoms with E-state index >= 15 is 0 Å². The number of nitrogens with two attached hydrogens (primary N) is 1. The fraction of sp³-hybridized carbons (Fsp3) is 0.588. The fourth-order valence-corrected chi connectivity index (χ4v) is 2.89. The van der Waals surface area contributed by atoms with Crippen molar-refractivity contribution >= 4 is 17.2 Å². The van der Waals surface area contributed by atoms with Crippen molar-refractivity contribution in [3.8, 4) is 5.75 Å². The highest BCUT2D eigenvalue weighted by atomic mass is 32.1. The van der Waals surface area contributed by atoms with E-state index in [4.69, 9.17) is 22.7 Å². The summed E-state index contributed by atoms with van der Waals surface area (Å²) in [6, 6.07) is 7.67. The molecule has 1 fully saturated rings. The van der Waals surface area contributed by atoms with Crippen molar-refractivity contribution in [3.63, 3.8) is 0 Å². The summed E-state index contributed by atoms with van der Waals surface area (Å²) in [5.74, 6) is 1.67. The first kappa shape index (κ1) is 16.2. The molecule has 1 heterocycles. The molecule has 1 aliphatic rings. The molecule has 0 radical (unpaired) electrons. The van der Waals surface area contributed by atoms with Crippen LogP contribution in [-0.4, -0.2) is 36.1 Å². The maximum Gasteiger partial charge on any atom is 0.119 e. The van der Waals surface area contributed by atoms with Crippen molar-refractivity contribution in [2.45, 2.75) is 27.2 Å². The Morgan fingerprint density at radius 1 is 1.33 bits per heavy atom. The highest BCUT2D eigenvalue weighted by molar-refractivity contribution is 7.80. The summed E-state index contributed by atoms with van der Waals surface area (Å²) in [4.78, 5) is 2.92. The molecule has 3 nitrogen and oxygen atoms in total. The lowest BCUT2D eigenvalue weighted by Crippen LogP contribution is -2.29. The van der Waals surface area contributed by atoms with Gasteiger partial charge in [0.1, 0.15) is 17.3 Å². The zero-order valence-electron chi connectivity index (χ0n) is 13.3. The topological polar surface area (TPSA) is 38.5 Å². The molecule has 0 saturated carbocycles. The number of thiocarbonyl (C=S) groups is 1. The molecule has 1 aliphatic heterocycles. The molecule has 1 aromatic carbocycles. The second-order valence-corrected chi connectivity index (χ2v) is 7.33. The van der Waals surface area contributed by atoms with E-state index in [0.717, 1.165) is 30.4 Å². The number of rotatable bonds is 5. The van der Waals surface area contributed by atoms with Crippen molar-refractivity contribution in [2.24, 2.45) is 17.1 Å². The molecular formula is C17H26N2OS. The maximum atomic E-state index is 5.80. The van der Waals surface area contributed by atoms with Crippen molar-refractivity contribution in [3.05, 3.63) is 29.8 Å². The van der Waals surface area contributed by atoms with E-state index in [9.17, 15) is 0 Å². The second-order valence-electron chi connectivity index (χ2n) is 6.89. The molecule has 21 heavy (non-hydrogen) atoms. The maximum absolute atomic E-state index is 5.80. The van der Waals surface area contributed by atoms with Crippen molar-refractivity contribution < 1.29 is 4.74 Å². The van der Waals surface area contributed by atoms with Gasteiger partial charge in [-0.3, -0.25) is 4.90 Å². The predicted molar refractivity (Wildman–Crippen MR) is 91.8 cm³/mol. The van der Waals surface area contributed by atoms with Crippen LogP contribution >= 0.6 is 12.2 Å². The number of ether oxygens (including phenoxy) is 1. The van der Waals surface area contributed by atoms with Crippen LogP contribution in [0.25, 0.3) is 0 Å². The van der Waals surface area contributed by atoms with E-state index in [1.165, 1.54) is 19.5 Å². The summed E-state index contributed by atoms with van der Waals surface area (Å²) in [7, 11) is 0. The summed E-state index contributed by atoms with van der Waals surface area (Å²) in [5, 5.41) is 0. The minimum atomic E-state index is 0.409. The SMILES string of the molecule is CC(C)(C)C1CCN(CCOc2ccc(C(N)=S)cc2)C1. The first-order chi connectivity index (χ1) is 9.86. The lowest BCUT2D eigenvalue weighted by molar-refractivity contribution is 0.203. The number of benzene rings is 1. The van der Waals surface area contributed by atoms with Crippen LogP contribution in [0.2, 0.25) is 0 Å². The third kappa shape index (κ3) is 4.68. The van der Waals surface area contributed by atoms with E-state index in [0.29, 0.717) is 10.4 Å². The normalized spacial score (nSPS) is 19.7. The van der Waals surface area contributed by atoms with Gasteiger partial charge in [0.15, 0.2) is 0 Å². The highest BCUT2D eigenvalue weighted by Gasteiger charge is 2.31. The Kier molecular flexibility index (Phi) is 5.22. The average molecular weight is 306 g/mol. The number of likely N-dealkylation sites (tertiary alicyclic amines) is 1. The van der Waals surface area contributed by atoms with Gasteiger partial charge >= 0.3 is 0 Å². The van der Waals surface area contributed by atoms with Crippen LogP contribution in [0.15, 0.2) is 24.3 Å². The lowest BCUT2D eigenvalue weighted by atomic mass is 9.80. The number of nitrogens with zero attached hydrogens (tertiary/aromatic N) is 1. The molecule has 0 aliphatic carbocycles. The molecule has 1 saturated heterocycles. The Morgan fingerprint density at radius 3 is 2.52 bits per heavy atom. The van der Waals surface area contributed by atoms with Gasteiger partial charge in [0, 0.05) is 18.7 Å². The molecule has 2 rings (SSSR count). The summed E-state index contributed by atoms with van der Waals surface area (Å²) in [6.45, 7) is 11.1. The Morgan fingerprint density at radius 2 is 2.00 bits per heavy atom. The smallest absolute Gasteiger partial charge is 0.119 e. The van der Waals surface area contributed by atoms with Crippen LogP contribution < -0.4 is 10.5 Å². The van der Waals surface area contributed by atoms with Gasteiger partial charge in [0.25, 0.3) is 0 Å². The second kappa shape index (κ2) is 6.75. The molecule has 1 atom stereocenters. The molecule has 4 heteroatoms. The van der Waals surface area contributed by atoms with E-state index in [-0.39, 0.29) is 0 Å². The van der Waals surface area contributed by atoms with Gasteiger partial charge in [0.05, 0.1) is 0 Å². The van der Waals surface area contributed by atoms with Gasteiger partial charge in [-0.2, -0.15) is 0 Å². The van der Waals surface area contributed by atoms with E-state index in [1.807, 2.05) is 24.3 Å². The van der Waals surface area contributed by atoms with Gasteiger partial charge in [-0.15, -0.1) is 0 Å². The Bertz CT molecular complexity index is 479. The zero-order chi connectivity index (χ0) is 15.5. The number of hydrogen-bond acceptors (Lipinski definition) is 3. The third-order valence-electron chi connectivity index (χ3n) is 4.31. The molecule has 116 valence electrons. The lowest BCUT2D eigenvalue weighted by Gasteiger charge is -2.27. The largest absolute Gasteiger partial charge is 0.492 e. The monoisotopic (exact) mass is 306 g/mol. The summed E-state index contributed by atoms with van der Waals surface area (Å²) >= 11 is 4.94. The van der Waals surface area contributed by atoms with Gasteiger partial charge in [-0.25, -0.2) is 0 Å².